The summed E-state index contributed by atoms with van der Waals surface area (Å²) in [5, 5.41) is 6.20. The third-order valence-corrected chi connectivity index (χ3v) is 5.17. The Labute approximate surface area is 159 Å². The fourth-order valence-corrected chi connectivity index (χ4v) is 3.69. The van der Waals surface area contributed by atoms with E-state index in [0.29, 0.717) is 16.6 Å². The fourth-order valence-electron chi connectivity index (χ4n) is 2.86. The van der Waals surface area contributed by atoms with Gasteiger partial charge in [0.25, 0.3) is 5.91 Å². The van der Waals surface area contributed by atoms with E-state index in [9.17, 15) is 14.4 Å². The number of carbonyl (C=O) groups is 3. The maximum absolute atomic E-state index is 12.6. The lowest BCUT2D eigenvalue weighted by Crippen LogP contribution is -2.28. The van der Waals surface area contributed by atoms with Gasteiger partial charge >= 0.3 is 0 Å². The molecule has 1 aliphatic heterocycles. The molecule has 27 heavy (non-hydrogen) atoms. The van der Waals surface area contributed by atoms with Crippen LogP contribution in [0.4, 0.5) is 15.8 Å². The maximum atomic E-state index is 12.6. The number of aromatic nitrogens is 1. The van der Waals surface area contributed by atoms with E-state index in [0.717, 1.165) is 11.3 Å². The summed E-state index contributed by atoms with van der Waals surface area (Å²) in [4.78, 5) is 42.2. The topological polar surface area (TPSA) is 127 Å². The monoisotopic (exact) mass is 389 g/mol. The van der Waals surface area contributed by atoms with Gasteiger partial charge in [0.05, 0.1) is 18.7 Å². The number of thiazole rings is 1. The van der Waals surface area contributed by atoms with Gasteiger partial charge in [-0.05, 0) is 12.1 Å². The van der Waals surface area contributed by atoms with Crippen molar-refractivity contribution in [2.75, 3.05) is 36.2 Å². The molecule has 3 amide bonds. The highest BCUT2D eigenvalue weighted by atomic mass is 32.1. The number of nitrogens with two attached hydrogens (primary N) is 1. The predicted molar refractivity (Wildman–Crippen MR) is 102 cm³/mol. The quantitative estimate of drug-likeness (QED) is 0.683. The molecule has 0 spiro atoms. The van der Waals surface area contributed by atoms with Gasteiger partial charge in [-0.25, -0.2) is 4.98 Å². The van der Waals surface area contributed by atoms with Crippen molar-refractivity contribution >= 4 is 44.9 Å². The molecular weight excluding hydrogens is 370 g/mol. The van der Waals surface area contributed by atoms with Crippen molar-refractivity contribution in [3.05, 3.63) is 30.0 Å². The van der Waals surface area contributed by atoms with Crippen LogP contribution in [0.2, 0.25) is 0 Å². The largest absolute Gasteiger partial charge is 0.495 e. The Bertz CT molecular complexity index is 897. The molecule has 1 atom stereocenters. The lowest BCUT2D eigenvalue weighted by Gasteiger charge is -2.19. The van der Waals surface area contributed by atoms with Crippen molar-refractivity contribution in [2.45, 2.75) is 6.42 Å². The van der Waals surface area contributed by atoms with Crippen LogP contribution >= 0.6 is 11.3 Å². The van der Waals surface area contributed by atoms with E-state index < -0.39 is 11.8 Å². The van der Waals surface area contributed by atoms with E-state index in [1.165, 1.54) is 12.0 Å². The van der Waals surface area contributed by atoms with Crippen LogP contribution in [0, 0.1) is 5.92 Å². The molecule has 1 aromatic heterocycles. The number of amides is 3. The van der Waals surface area contributed by atoms with Gasteiger partial charge in [0.2, 0.25) is 11.8 Å². The van der Waals surface area contributed by atoms with Crippen LogP contribution in [0.15, 0.2) is 24.3 Å². The van der Waals surface area contributed by atoms with Gasteiger partial charge in [-0.2, -0.15) is 0 Å². The first-order chi connectivity index (χ1) is 12.9. The molecular formula is C17H19N5O4S. The number of nitrogens with one attached hydrogen (secondary N) is 2. The highest BCUT2D eigenvalue weighted by Crippen LogP contribution is 2.34. The predicted octanol–water partition coefficient (Wildman–Crippen LogP) is 1.28. The zero-order chi connectivity index (χ0) is 19.6. The Morgan fingerprint density at radius 3 is 2.78 bits per heavy atom. The number of anilines is 3. The molecule has 0 aliphatic carbocycles. The Balaban J connectivity index is 1.77. The van der Waals surface area contributed by atoms with Gasteiger partial charge in [-0.1, -0.05) is 23.5 Å². The summed E-state index contributed by atoms with van der Waals surface area (Å²) in [5.41, 5.74) is 5.92. The van der Waals surface area contributed by atoms with Gasteiger partial charge in [0.1, 0.15) is 10.8 Å². The summed E-state index contributed by atoms with van der Waals surface area (Å²) in [7, 11) is 3.17. The van der Waals surface area contributed by atoms with Gasteiger partial charge in [0.15, 0.2) is 10.8 Å². The number of carbonyl (C=O) groups excluding carboxylic acids is 3. The summed E-state index contributed by atoms with van der Waals surface area (Å²) >= 11 is 1.11. The van der Waals surface area contributed by atoms with Crippen molar-refractivity contribution in [3.8, 4) is 5.75 Å². The number of para-hydroxylation sites is 2. The third kappa shape index (κ3) is 3.70. The Hall–Kier alpha value is -3.14. The van der Waals surface area contributed by atoms with Crippen LogP contribution in [-0.2, 0) is 9.59 Å². The van der Waals surface area contributed by atoms with E-state index in [4.69, 9.17) is 10.5 Å². The molecule has 1 aromatic carbocycles. The molecule has 0 saturated carbocycles. The van der Waals surface area contributed by atoms with Crippen LogP contribution in [0.25, 0.3) is 0 Å². The lowest BCUT2D eigenvalue weighted by molar-refractivity contribution is -0.122. The molecule has 1 unspecified atom stereocenters. The van der Waals surface area contributed by atoms with Crippen molar-refractivity contribution in [1.82, 2.24) is 4.98 Å². The van der Waals surface area contributed by atoms with Crippen LogP contribution in [0.1, 0.15) is 16.9 Å². The molecule has 3 rings (SSSR count). The number of nitrogens with zero attached hydrogens (tertiary/aromatic N) is 2. The number of primary amides is 1. The minimum absolute atomic E-state index is 0.0105. The summed E-state index contributed by atoms with van der Waals surface area (Å²) in [5.74, 6) is -1.28. The molecule has 9 nitrogen and oxygen atoms in total. The standard InChI is InChI=1S/C17H19N5O4S/c1-19-17-20-13(14(18)24)16(27-17)21-15(25)9-7-12(23)22(8-9)10-5-3-4-6-11(10)26-2/h3-6,9H,7-8H2,1-2H3,(H2,18,24)(H,19,20)(H,21,25). The van der Waals surface area contributed by atoms with Gasteiger partial charge < -0.3 is 26.0 Å². The second-order valence-corrected chi connectivity index (χ2v) is 6.88. The molecule has 0 radical (unpaired) electrons. The average molecular weight is 389 g/mol. The molecule has 142 valence electrons. The molecule has 1 aliphatic rings. The first-order valence-electron chi connectivity index (χ1n) is 8.17. The summed E-state index contributed by atoms with van der Waals surface area (Å²) in [6.07, 6.45) is 0.0630. The highest BCUT2D eigenvalue weighted by Gasteiger charge is 2.36. The van der Waals surface area contributed by atoms with E-state index in [2.05, 4.69) is 15.6 Å². The SMILES string of the molecule is CNc1nc(C(N)=O)c(NC(=O)C2CC(=O)N(c3ccccc3OC)C2)s1. The molecule has 4 N–H and O–H groups in total. The first-order valence-corrected chi connectivity index (χ1v) is 8.98. The molecule has 2 heterocycles. The van der Waals surface area contributed by atoms with Crippen LogP contribution in [0.5, 0.6) is 5.75 Å². The van der Waals surface area contributed by atoms with Crippen molar-refractivity contribution in [3.63, 3.8) is 0 Å². The highest BCUT2D eigenvalue weighted by molar-refractivity contribution is 7.20. The molecule has 1 fully saturated rings. The van der Waals surface area contributed by atoms with Crippen molar-refractivity contribution in [1.29, 1.82) is 0 Å². The van der Waals surface area contributed by atoms with E-state index in [1.54, 1.807) is 25.2 Å². The smallest absolute Gasteiger partial charge is 0.270 e. The molecule has 10 heteroatoms. The normalized spacial score (nSPS) is 16.3. The van der Waals surface area contributed by atoms with E-state index >= 15 is 0 Å². The number of rotatable bonds is 6. The van der Waals surface area contributed by atoms with Crippen molar-refractivity contribution < 1.29 is 19.1 Å². The average Bonchev–Trinajstić information content (AvgIpc) is 3.25. The number of hydrogen-bond donors (Lipinski definition) is 3. The second kappa shape index (κ2) is 7.62. The summed E-state index contributed by atoms with van der Waals surface area (Å²) < 4.78 is 5.30. The fraction of sp³-hybridized carbons (Fsp3) is 0.294. The second-order valence-electron chi connectivity index (χ2n) is 5.88. The zero-order valence-electron chi connectivity index (χ0n) is 14.8. The van der Waals surface area contributed by atoms with Crippen molar-refractivity contribution in [2.24, 2.45) is 11.7 Å². The number of benzene rings is 1. The van der Waals surface area contributed by atoms with E-state index in [-0.39, 0.29) is 35.5 Å². The number of ether oxygens (including phenoxy) is 1. The summed E-state index contributed by atoms with van der Waals surface area (Å²) in [6, 6.07) is 7.13. The summed E-state index contributed by atoms with van der Waals surface area (Å²) in [6.45, 7) is 0.217. The number of methoxy groups -OCH3 is 1. The van der Waals surface area contributed by atoms with Crippen LogP contribution in [0.3, 0.4) is 0 Å². The molecule has 2 aromatic rings. The third-order valence-electron chi connectivity index (χ3n) is 4.18. The minimum Gasteiger partial charge on any atom is -0.495 e. The van der Waals surface area contributed by atoms with Crippen LogP contribution < -0.4 is 26.0 Å². The Kier molecular flexibility index (Phi) is 5.26. The minimum atomic E-state index is -0.735. The zero-order valence-corrected chi connectivity index (χ0v) is 15.6. The van der Waals surface area contributed by atoms with Gasteiger partial charge in [-0.3, -0.25) is 14.4 Å². The maximum Gasteiger partial charge on any atom is 0.270 e. The molecule has 1 saturated heterocycles. The van der Waals surface area contributed by atoms with Crippen LogP contribution in [-0.4, -0.2) is 43.4 Å². The van der Waals surface area contributed by atoms with Gasteiger partial charge in [-0.15, -0.1) is 0 Å². The first kappa shape index (κ1) is 18.6. The lowest BCUT2D eigenvalue weighted by atomic mass is 10.1. The molecule has 0 bridgehead atoms. The van der Waals surface area contributed by atoms with E-state index in [1.807, 2.05) is 6.07 Å². The number of hydrogen-bond acceptors (Lipinski definition) is 7. The Morgan fingerprint density at radius 2 is 2.11 bits per heavy atom. The van der Waals surface area contributed by atoms with Gasteiger partial charge in [0, 0.05) is 20.0 Å². The Morgan fingerprint density at radius 1 is 1.37 bits per heavy atom.